The van der Waals surface area contributed by atoms with E-state index in [2.05, 4.69) is 33.0 Å². The number of hydrogen-bond acceptors (Lipinski definition) is 4. The maximum absolute atomic E-state index is 12.6. The van der Waals surface area contributed by atoms with Crippen molar-refractivity contribution in [2.24, 2.45) is 7.05 Å². The van der Waals surface area contributed by atoms with Gasteiger partial charge in [-0.3, -0.25) is 14.2 Å². The monoisotopic (exact) mass is 366 g/mol. The van der Waals surface area contributed by atoms with E-state index in [9.17, 15) is 4.79 Å². The van der Waals surface area contributed by atoms with E-state index in [1.807, 2.05) is 50.0 Å². The van der Waals surface area contributed by atoms with Crippen molar-refractivity contribution in [3.8, 4) is 0 Å². The summed E-state index contributed by atoms with van der Waals surface area (Å²) >= 11 is 0. The lowest BCUT2D eigenvalue weighted by molar-refractivity contribution is -0.123. The zero-order valence-corrected chi connectivity index (χ0v) is 16.2. The van der Waals surface area contributed by atoms with Gasteiger partial charge in [-0.2, -0.15) is 10.2 Å². The second-order valence-corrected chi connectivity index (χ2v) is 6.68. The molecule has 2 N–H and O–H groups in total. The maximum Gasteiger partial charge on any atom is 0.242 e. The van der Waals surface area contributed by atoms with Crippen LogP contribution in [0.3, 0.4) is 0 Å². The Morgan fingerprint density at radius 3 is 2.59 bits per heavy atom. The molecule has 1 atom stereocenters. The first kappa shape index (κ1) is 18.8. The molecule has 0 saturated carbocycles. The highest BCUT2D eigenvalue weighted by atomic mass is 16.2. The van der Waals surface area contributed by atoms with Crippen molar-refractivity contribution in [3.63, 3.8) is 0 Å². The third kappa shape index (κ3) is 4.25. The van der Waals surface area contributed by atoms with E-state index in [1.165, 1.54) is 5.56 Å². The number of hydrogen-bond donors (Lipinski definition) is 2. The summed E-state index contributed by atoms with van der Waals surface area (Å²) in [5.74, 6) is -0.0832. The molecular formula is C20H26N6O. The predicted molar refractivity (Wildman–Crippen MR) is 104 cm³/mol. The van der Waals surface area contributed by atoms with Gasteiger partial charge in [0.05, 0.1) is 18.4 Å². The van der Waals surface area contributed by atoms with Gasteiger partial charge in [-0.05, 0) is 26.5 Å². The predicted octanol–water partition coefficient (Wildman–Crippen LogP) is 1.86. The molecule has 1 unspecified atom stereocenters. The number of rotatable bonds is 7. The van der Waals surface area contributed by atoms with Crippen LogP contribution in [0.2, 0.25) is 0 Å². The molecule has 7 heteroatoms. The number of aryl methyl sites for hydroxylation is 2. The quantitative estimate of drug-likeness (QED) is 0.669. The topological polar surface area (TPSA) is 76.8 Å². The van der Waals surface area contributed by atoms with Gasteiger partial charge in [0, 0.05) is 36.6 Å². The van der Waals surface area contributed by atoms with Crippen LogP contribution in [0.5, 0.6) is 0 Å². The number of nitrogens with zero attached hydrogens (tertiary/aromatic N) is 4. The van der Waals surface area contributed by atoms with Gasteiger partial charge in [0.25, 0.3) is 0 Å². The Balaban J connectivity index is 1.69. The Morgan fingerprint density at radius 1 is 1.22 bits per heavy atom. The number of amides is 1. The van der Waals surface area contributed by atoms with Crippen LogP contribution in [-0.2, 0) is 24.9 Å². The molecule has 3 rings (SSSR count). The second-order valence-electron chi connectivity index (χ2n) is 6.68. The van der Waals surface area contributed by atoms with Gasteiger partial charge in [0.2, 0.25) is 5.91 Å². The van der Waals surface area contributed by atoms with Crippen LogP contribution in [0, 0.1) is 13.8 Å². The van der Waals surface area contributed by atoms with Crippen LogP contribution in [0.25, 0.3) is 0 Å². The van der Waals surface area contributed by atoms with Crippen molar-refractivity contribution in [1.82, 2.24) is 30.2 Å². The lowest BCUT2D eigenvalue weighted by atomic mass is 10.1. The molecule has 2 heterocycles. The minimum Gasteiger partial charge on any atom is -0.350 e. The molecule has 27 heavy (non-hydrogen) atoms. The van der Waals surface area contributed by atoms with E-state index in [0.29, 0.717) is 6.54 Å². The highest BCUT2D eigenvalue weighted by Crippen LogP contribution is 2.16. The van der Waals surface area contributed by atoms with E-state index >= 15 is 0 Å². The van der Waals surface area contributed by atoms with Gasteiger partial charge in [0.1, 0.15) is 6.04 Å². The van der Waals surface area contributed by atoms with Crippen molar-refractivity contribution in [1.29, 1.82) is 0 Å². The molecule has 0 saturated heterocycles. The number of carbonyl (C=O) groups excluding carboxylic acids is 1. The van der Waals surface area contributed by atoms with Gasteiger partial charge < -0.3 is 10.6 Å². The number of aromatic nitrogens is 4. The molecule has 1 aromatic carbocycles. The number of nitrogens with one attached hydrogen (secondary N) is 2. The highest BCUT2D eigenvalue weighted by Gasteiger charge is 2.21. The average molecular weight is 366 g/mol. The maximum atomic E-state index is 12.6. The summed E-state index contributed by atoms with van der Waals surface area (Å²) < 4.78 is 3.68. The standard InChI is InChI=1S/C20H26N6O/c1-14-18(15(2)26(24-14)12-16-8-6-5-7-9-16)11-22-20(27)19(21-3)17-10-23-25(4)13-17/h5-10,13,19,21H,11-12H2,1-4H3,(H,22,27). The fourth-order valence-corrected chi connectivity index (χ4v) is 3.22. The van der Waals surface area contributed by atoms with Crippen LogP contribution in [0.15, 0.2) is 42.7 Å². The van der Waals surface area contributed by atoms with Crippen molar-refractivity contribution >= 4 is 5.91 Å². The van der Waals surface area contributed by atoms with Crippen molar-refractivity contribution in [2.75, 3.05) is 7.05 Å². The fraction of sp³-hybridized carbons (Fsp3) is 0.350. The SMILES string of the molecule is CNC(C(=O)NCc1c(C)nn(Cc2ccccc2)c1C)c1cnn(C)c1. The Kier molecular flexibility index (Phi) is 5.71. The molecule has 0 radical (unpaired) electrons. The zero-order chi connectivity index (χ0) is 19.4. The number of benzene rings is 1. The highest BCUT2D eigenvalue weighted by molar-refractivity contribution is 5.83. The Bertz CT molecular complexity index is 912. The molecule has 0 aliphatic heterocycles. The van der Waals surface area contributed by atoms with Gasteiger partial charge >= 0.3 is 0 Å². The molecule has 2 aromatic heterocycles. The number of carbonyl (C=O) groups is 1. The van der Waals surface area contributed by atoms with Crippen molar-refractivity contribution in [3.05, 3.63) is 70.8 Å². The third-order valence-electron chi connectivity index (χ3n) is 4.75. The molecule has 0 spiro atoms. The van der Waals surface area contributed by atoms with Gasteiger partial charge in [0.15, 0.2) is 0 Å². The van der Waals surface area contributed by atoms with Crippen molar-refractivity contribution in [2.45, 2.75) is 33.0 Å². The lowest BCUT2D eigenvalue weighted by Crippen LogP contribution is -2.35. The molecule has 3 aromatic rings. The summed E-state index contributed by atoms with van der Waals surface area (Å²) in [5.41, 5.74) is 5.10. The van der Waals surface area contributed by atoms with Crippen molar-refractivity contribution < 1.29 is 4.79 Å². The summed E-state index contributed by atoms with van der Waals surface area (Å²) in [7, 11) is 3.60. The largest absolute Gasteiger partial charge is 0.350 e. The van der Waals surface area contributed by atoms with Crippen LogP contribution < -0.4 is 10.6 Å². The van der Waals surface area contributed by atoms with E-state index in [4.69, 9.17) is 0 Å². The summed E-state index contributed by atoms with van der Waals surface area (Å²) in [6.45, 7) is 5.19. The lowest BCUT2D eigenvalue weighted by Gasteiger charge is -2.14. The smallest absolute Gasteiger partial charge is 0.242 e. The summed E-state index contributed by atoms with van der Waals surface area (Å²) in [6, 6.07) is 9.80. The minimum absolute atomic E-state index is 0.0832. The van der Waals surface area contributed by atoms with Crippen LogP contribution in [0.4, 0.5) is 0 Å². The number of likely N-dealkylation sites (N-methyl/N-ethyl adjacent to an activating group) is 1. The zero-order valence-electron chi connectivity index (χ0n) is 16.2. The summed E-state index contributed by atoms with van der Waals surface area (Å²) in [5, 5.41) is 14.9. The Labute approximate surface area is 159 Å². The van der Waals surface area contributed by atoms with E-state index in [1.54, 1.807) is 17.9 Å². The first-order valence-electron chi connectivity index (χ1n) is 9.00. The second kappa shape index (κ2) is 8.18. The van der Waals surface area contributed by atoms with E-state index in [0.717, 1.165) is 29.1 Å². The molecule has 142 valence electrons. The van der Waals surface area contributed by atoms with Crippen LogP contribution in [0.1, 0.15) is 34.1 Å². The van der Waals surface area contributed by atoms with Gasteiger partial charge in [-0.1, -0.05) is 30.3 Å². The molecule has 0 bridgehead atoms. The van der Waals surface area contributed by atoms with Gasteiger partial charge in [-0.25, -0.2) is 0 Å². The summed E-state index contributed by atoms with van der Waals surface area (Å²) in [6.07, 6.45) is 3.55. The molecule has 1 amide bonds. The average Bonchev–Trinajstić information content (AvgIpc) is 3.19. The third-order valence-corrected chi connectivity index (χ3v) is 4.75. The molecule has 0 fully saturated rings. The minimum atomic E-state index is -0.432. The molecular weight excluding hydrogens is 340 g/mol. The molecule has 7 nitrogen and oxygen atoms in total. The normalized spacial score (nSPS) is 12.1. The molecule has 0 aliphatic carbocycles. The van der Waals surface area contributed by atoms with E-state index < -0.39 is 6.04 Å². The Hall–Kier alpha value is -2.93. The van der Waals surface area contributed by atoms with E-state index in [-0.39, 0.29) is 5.91 Å². The van der Waals surface area contributed by atoms with Crippen LogP contribution in [-0.4, -0.2) is 32.5 Å². The Morgan fingerprint density at radius 2 is 1.96 bits per heavy atom. The first-order chi connectivity index (χ1) is 13.0. The van der Waals surface area contributed by atoms with Gasteiger partial charge in [-0.15, -0.1) is 0 Å². The van der Waals surface area contributed by atoms with Crippen LogP contribution >= 0.6 is 0 Å². The molecule has 0 aliphatic rings. The summed E-state index contributed by atoms with van der Waals surface area (Å²) in [4.78, 5) is 12.6. The fourth-order valence-electron chi connectivity index (χ4n) is 3.22. The first-order valence-corrected chi connectivity index (χ1v) is 9.00.